The molecule has 1 saturated carbocycles. The zero-order valence-electron chi connectivity index (χ0n) is 18.6. The van der Waals surface area contributed by atoms with Crippen LogP contribution in [0.1, 0.15) is 63.0 Å². The Labute approximate surface area is 191 Å². The smallest absolute Gasteiger partial charge is 0.316 e. The van der Waals surface area contributed by atoms with Crippen LogP contribution in [-0.2, 0) is 16.0 Å². The van der Waals surface area contributed by atoms with Gasteiger partial charge in [0.15, 0.2) is 15.7 Å². The molecule has 3 aliphatic rings. The summed E-state index contributed by atoms with van der Waals surface area (Å²) >= 11 is 0. The molecule has 180 valence electrons. The number of alkyl halides is 3. The van der Waals surface area contributed by atoms with Gasteiger partial charge in [0.05, 0.1) is 11.0 Å². The van der Waals surface area contributed by atoms with E-state index in [2.05, 4.69) is 15.4 Å². The van der Waals surface area contributed by atoms with E-state index in [4.69, 9.17) is 4.98 Å². The predicted octanol–water partition coefficient (Wildman–Crippen LogP) is 3.60. The van der Waals surface area contributed by atoms with E-state index in [9.17, 15) is 21.6 Å². The number of sulfone groups is 1. The Bertz CT molecular complexity index is 1140. The molecule has 4 heterocycles. The van der Waals surface area contributed by atoms with Crippen LogP contribution in [0.4, 0.5) is 13.2 Å². The Morgan fingerprint density at radius 3 is 2.61 bits per heavy atom. The van der Waals surface area contributed by atoms with Gasteiger partial charge in [-0.15, -0.1) is 0 Å². The largest absolute Gasteiger partial charge is 0.433 e. The van der Waals surface area contributed by atoms with E-state index in [0.717, 1.165) is 56.9 Å². The Morgan fingerprint density at radius 2 is 2.03 bits per heavy atom. The van der Waals surface area contributed by atoms with Crippen molar-refractivity contribution < 1.29 is 21.6 Å². The summed E-state index contributed by atoms with van der Waals surface area (Å²) in [7, 11) is -3.07. The number of hydrogen-bond donors (Lipinski definition) is 1. The topological polar surface area (TPSA) is 89.8 Å². The molecular formula is C22H28F3N5O2S. The second-order valence-corrected chi connectivity index (χ2v) is 12.2. The molecule has 0 radical (unpaired) electrons. The normalized spacial score (nSPS) is 31.4. The molecule has 11 heteroatoms. The van der Waals surface area contributed by atoms with Gasteiger partial charge in [-0.05, 0) is 64.1 Å². The fourth-order valence-corrected chi connectivity index (χ4v) is 9.10. The molecule has 0 amide bonds. The zero-order chi connectivity index (χ0) is 23.6. The molecule has 1 spiro atoms. The molecule has 4 unspecified atom stereocenters. The van der Waals surface area contributed by atoms with E-state index in [1.54, 1.807) is 0 Å². The van der Waals surface area contributed by atoms with E-state index < -0.39 is 21.7 Å². The van der Waals surface area contributed by atoms with Gasteiger partial charge in [-0.3, -0.25) is 4.98 Å². The lowest BCUT2D eigenvalue weighted by Crippen LogP contribution is -2.61. The molecular weight excluding hydrogens is 455 g/mol. The van der Waals surface area contributed by atoms with Crippen molar-refractivity contribution in [2.24, 2.45) is 11.3 Å². The first kappa shape index (κ1) is 22.8. The van der Waals surface area contributed by atoms with Crippen molar-refractivity contribution in [2.45, 2.75) is 62.9 Å². The minimum absolute atomic E-state index is 0.0144. The van der Waals surface area contributed by atoms with Gasteiger partial charge in [0.2, 0.25) is 0 Å². The summed E-state index contributed by atoms with van der Waals surface area (Å²) in [4.78, 5) is 8.24. The van der Waals surface area contributed by atoms with Gasteiger partial charge < -0.3 is 5.32 Å². The lowest BCUT2D eigenvalue weighted by Gasteiger charge is -2.48. The van der Waals surface area contributed by atoms with E-state index in [1.807, 2.05) is 18.5 Å². The number of rotatable bonds is 4. The van der Waals surface area contributed by atoms with Crippen molar-refractivity contribution in [3.63, 3.8) is 0 Å². The first-order valence-electron chi connectivity index (χ1n) is 11.4. The maximum absolute atomic E-state index is 12.9. The number of pyridine rings is 1. The summed E-state index contributed by atoms with van der Waals surface area (Å²) in [5, 5.41) is 7.62. The second-order valence-electron chi connectivity index (χ2n) is 10.0. The van der Waals surface area contributed by atoms with Crippen LogP contribution >= 0.6 is 0 Å². The third kappa shape index (κ3) is 3.86. The molecule has 2 aromatic rings. The molecule has 0 bridgehead atoms. The van der Waals surface area contributed by atoms with Crippen LogP contribution in [0.2, 0.25) is 0 Å². The maximum atomic E-state index is 12.9. The standard InChI is InChI=1S/C22H28F3N5O2S/c1-13(2)30-20(28-19(29-30)16-5-6-17(27-10-16)22(23,24)25)15-4-3-14(9-15)18-21(7-8-26-11-21)12-33(18,31)32/h5-6,10,13-15,18,26H,3-4,7-9,11-12H2,1-2H3. The highest BCUT2D eigenvalue weighted by Crippen LogP contribution is 2.54. The summed E-state index contributed by atoms with van der Waals surface area (Å²) in [5.41, 5.74) is -0.651. The van der Waals surface area contributed by atoms with Gasteiger partial charge in [0, 0.05) is 35.7 Å². The number of aromatic nitrogens is 4. The first-order valence-corrected chi connectivity index (χ1v) is 13.1. The van der Waals surface area contributed by atoms with Crippen molar-refractivity contribution >= 4 is 9.84 Å². The molecule has 2 saturated heterocycles. The highest BCUT2D eigenvalue weighted by molar-refractivity contribution is 7.93. The zero-order valence-corrected chi connectivity index (χ0v) is 19.5. The molecule has 1 aliphatic carbocycles. The average molecular weight is 484 g/mol. The Balaban J connectivity index is 1.40. The molecule has 3 fully saturated rings. The van der Waals surface area contributed by atoms with Crippen molar-refractivity contribution in [1.29, 1.82) is 0 Å². The van der Waals surface area contributed by atoms with E-state index in [-0.39, 0.29) is 34.3 Å². The van der Waals surface area contributed by atoms with Crippen molar-refractivity contribution in [3.05, 3.63) is 29.8 Å². The van der Waals surface area contributed by atoms with Gasteiger partial charge in [-0.25, -0.2) is 18.1 Å². The predicted molar refractivity (Wildman–Crippen MR) is 116 cm³/mol. The van der Waals surface area contributed by atoms with Crippen molar-refractivity contribution in [1.82, 2.24) is 25.1 Å². The monoisotopic (exact) mass is 483 g/mol. The fraction of sp³-hybridized carbons (Fsp3) is 0.682. The van der Waals surface area contributed by atoms with E-state index in [1.165, 1.54) is 6.07 Å². The lowest BCUT2D eigenvalue weighted by atomic mass is 9.77. The Hall–Kier alpha value is -2.01. The maximum Gasteiger partial charge on any atom is 0.433 e. The van der Waals surface area contributed by atoms with E-state index in [0.29, 0.717) is 11.4 Å². The minimum atomic E-state index is -4.50. The van der Waals surface area contributed by atoms with Gasteiger partial charge >= 0.3 is 6.18 Å². The molecule has 2 aliphatic heterocycles. The van der Waals surface area contributed by atoms with Crippen LogP contribution in [0.5, 0.6) is 0 Å². The molecule has 4 atom stereocenters. The number of nitrogens with zero attached hydrogens (tertiary/aromatic N) is 4. The number of nitrogens with one attached hydrogen (secondary N) is 1. The molecule has 0 aromatic carbocycles. The quantitative estimate of drug-likeness (QED) is 0.715. The SMILES string of the molecule is CC(C)n1nc(-c2ccc(C(F)(F)F)nc2)nc1C1CCC(C2C3(CCNC3)CS2(=O)=O)C1. The third-order valence-electron chi connectivity index (χ3n) is 7.48. The van der Waals surface area contributed by atoms with Gasteiger partial charge in [0.25, 0.3) is 0 Å². The summed E-state index contributed by atoms with van der Waals surface area (Å²) in [6.07, 6.45) is -0.0367. The summed E-state index contributed by atoms with van der Waals surface area (Å²) in [5.74, 6) is 1.57. The van der Waals surface area contributed by atoms with Crippen LogP contribution in [0, 0.1) is 11.3 Å². The summed E-state index contributed by atoms with van der Waals surface area (Å²) in [6.45, 7) is 5.60. The van der Waals surface area contributed by atoms with Crippen molar-refractivity contribution in [2.75, 3.05) is 18.8 Å². The summed E-state index contributed by atoms with van der Waals surface area (Å²) in [6, 6.07) is 2.29. The second kappa shape index (κ2) is 7.76. The molecule has 7 nitrogen and oxygen atoms in total. The average Bonchev–Trinajstić information content (AvgIpc) is 3.46. The Morgan fingerprint density at radius 1 is 1.24 bits per heavy atom. The highest BCUT2D eigenvalue weighted by atomic mass is 32.2. The molecule has 5 rings (SSSR count). The molecule has 2 aromatic heterocycles. The van der Waals surface area contributed by atoms with Crippen LogP contribution in [0.3, 0.4) is 0 Å². The van der Waals surface area contributed by atoms with Crippen molar-refractivity contribution in [3.8, 4) is 11.4 Å². The summed E-state index contributed by atoms with van der Waals surface area (Å²) < 4.78 is 65.8. The minimum Gasteiger partial charge on any atom is -0.316 e. The Kier molecular flexibility index (Phi) is 5.35. The number of hydrogen-bond acceptors (Lipinski definition) is 6. The molecule has 33 heavy (non-hydrogen) atoms. The highest BCUT2D eigenvalue weighted by Gasteiger charge is 2.62. The third-order valence-corrected chi connectivity index (χ3v) is 10.1. The van der Waals surface area contributed by atoms with Crippen LogP contribution in [0.25, 0.3) is 11.4 Å². The fourth-order valence-electron chi connectivity index (χ4n) is 6.11. The van der Waals surface area contributed by atoms with Gasteiger partial charge in [-0.2, -0.15) is 18.3 Å². The van der Waals surface area contributed by atoms with Crippen LogP contribution < -0.4 is 5.32 Å². The lowest BCUT2D eigenvalue weighted by molar-refractivity contribution is -0.141. The first-order chi connectivity index (χ1) is 15.5. The van der Waals surface area contributed by atoms with E-state index >= 15 is 0 Å². The van der Waals surface area contributed by atoms with Crippen LogP contribution in [-0.4, -0.2) is 52.3 Å². The number of halogens is 3. The molecule has 1 N–H and O–H groups in total. The van der Waals surface area contributed by atoms with Gasteiger partial charge in [-0.1, -0.05) is 0 Å². The van der Waals surface area contributed by atoms with Gasteiger partial charge in [0.1, 0.15) is 11.5 Å². The van der Waals surface area contributed by atoms with Crippen LogP contribution in [0.15, 0.2) is 18.3 Å².